The second-order valence-corrected chi connectivity index (χ2v) is 4.13. The van der Waals surface area contributed by atoms with Gasteiger partial charge in [-0.3, -0.25) is 0 Å². The van der Waals surface area contributed by atoms with Gasteiger partial charge in [0.05, 0.1) is 0 Å². The summed E-state index contributed by atoms with van der Waals surface area (Å²) in [6.07, 6.45) is 10.4. The Morgan fingerprint density at radius 1 is 1.08 bits per heavy atom. The van der Waals surface area contributed by atoms with Crippen LogP contribution in [-0.4, -0.2) is 13.7 Å². The molecule has 0 N–H and O–H groups in total. The topological polar surface area (TPSA) is 9.23 Å². The molecule has 0 aromatic heterocycles. The van der Waals surface area contributed by atoms with Crippen LogP contribution in [0, 0.1) is 12.3 Å². The van der Waals surface area contributed by atoms with Gasteiger partial charge in [-0.2, -0.15) is 0 Å². The molecule has 0 aliphatic heterocycles. The lowest BCUT2D eigenvalue weighted by atomic mass is 10.0. The third-order valence-electron chi connectivity index (χ3n) is 2.22. The SMILES string of the molecule is COC[CH]CCCCCCC(C)C. The van der Waals surface area contributed by atoms with Crippen LogP contribution in [0.4, 0.5) is 0 Å². The van der Waals surface area contributed by atoms with Gasteiger partial charge in [0.1, 0.15) is 0 Å². The van der Waals surface area contributed by atoms with E-state index in [1.54, 1.807) is 7.11 Å². The van der Waals surface area contributed by atoms with Crippen molar-refractivity contribution in [2.75, 3.05) is 13.7 Å². The van der Waals surface area contributed by atoms with E-state index in [4.69, 9.17) is 4.74 Å². The third-order valence-corrected chi connectivity index (χ3v) is 2.22. The second kappa shape index (κ2) is 10.0. The highest BCUT2D eigenvalue weighted by atomic mass is 16.5. The van der Waals surface area contributed by atoms with E-state index in [1.807, 2.05) is 0 Å². The Kier molecular flexibility index (Phi) is 10.0. The summed E-state index contributed by atoms with van der Waals surface area (Å²) in [7, 11) is 1.75. The van der Waals surface area contributed by atoms with Gasteiger partial charge in [0.15, 0.2) is 0 Å². The summed E-state index contributed by atoms with van der Waals surface area (Å²) in [5, 5.41) is 0. The predicted octanol–water partition coefficient (Wildman–Crippen LogP) is 3.83. The summed E-state index contributed by atoms with van der Waals surface area (Å²) < 4.78 is 4.95. The molecule has 0 rings (SSSR count). The summed E-state index contributed by atoms with van der Waals surface area (Å²) in [4.78, 5) is 0. The molecule has 0 aromatic carbocycles. The Hall–Kier alpha value is -0.0400. The highest BCUT2D eigenvalue weighted by Crippen LogP contribution is 2.10. The molecule has 0 aliphatic rings. The highest BCUT2D eigenvalue weighted by Gasteiger charge is 1.94. The summed E-state index contributed by atoms with van der Waals surface area (Å²) in [6, 6.07) is 0. The Bertz CT molecular complexity index is 89.1. The van der Waals surface area contributed by atoms with Crippen LogP contribution in [0.1, 0.15) is 52.4 Å². The van der Waals surface area contributed by atoms with Crippen molar-refractivity contribution >= 4 is 0 Å². The zero-order chi connectivity index (χ0) is 9.94. The van der Waals surface area contributed by atoms with Gasteiger partial charge in [-0.05, 0) is 18.8 Å². The monoisotopic (exact) mass is 185 g/mol. The first-order valence-electron chi connectivity index (χ1n) is 5.58. The number of ether oxygens (including phenoxy) is 1. The van der Waals surface area contributed by atoms with E-state index < -0.39 is 0 Å². The fourth-order valence-electron chi connectivity index (χ4n) is 1.40. The highest BCUT2D eigenvalue weighted by molar-refractivity contribution is 4.62. The standard InChI is InChI=1S/C12H25O/c1-12(2)10-8-6-4-5-7-9-11-13-3/h9,12H,4-8,10-11H2,1-3H3. The molecule has 0 heterocycles. The van der Waals surface area contributed by atoms with Gasteiger partial charge < -0.3 is 4.74 Å². The first-order valence-corrected chi connectivity index (χ1v) is 5.58. The maximum atomic E-state index is 4.95. The minimum Gasteiger partial charge on any atom is -0.384 e. The van der Waals surface area contributed by atoms with Crippen molar-refractivity contribution in [1.29, 1.82) is 0 Å². The number of hydrogen-bond donors (Lipinski definition) is 0. The molecular formula is C12H25O. The molecule has 79 valence electrons. The van der Waals surface area contributed by atoms with E-state index in [0.717, 1.165) is 12.5 Å². The van der Waals surface area contributed by atoms with E-state index in [-0.39, 0.29) is 0 Å². The van der Waals surface area contributed by atoms with Crippen LogP contribution in [0.2, 0.25) is 0 Å². The quantitative estimate of drug-likeness (QED) is 0.496. The maximum absolute atomic E-state index is 4.95. The molecule has 13 heavy (non-hydrogen) atoms. The molecule has 0 amide bonds. The molecule has 0 atom stereocenters. The first-order chi connectivity index (χ1) is 6.27. The van der Waals surface area contributed by atoms with Gasteiger partial charge in [0.25, 0.3) is 0 Å². The lowest BCUT2D eigenvalue weighted by Crippen LogP contribution is -1.90. The van der Waals surface area contributed by atoms with E-state index >= 15 is 0 Å². The lowest BCUT2D eigenvalue weighted by molar-refractivity contribution is 0.220. The minimum absolute atomic E-state index is 0.812. The zero-order valence-electron chi connectivity index (χ0n) is 9.51. The van der Waals surface area contributed by atoms with Crippen molar-refractivity contribution in [2.45, 2.75) is 52.4 Å². The average Bonchev–Trinajstić information content (AvgIpc) is 2.09. The molecule has 0 aromatic rings. The van der Waals surface area contributed by atoms with E-state index in [2.05, 4.69) is 20.3 Å². The van der Waals surface area contributed by atoms with Gasteiger partial charge in [-0.25, -0.2) is 0 Å². The Labute approximate surface area is 83.9 Å². The molecule has 0 spiro atoms. The molecule has 0 aliphatic carbocycles. The molecule has 0 fully saturated rings. The third kappa shape index (κ3) is 12.0. The van der Waals surface area contributed by atoms with E-state index in [0.29, 0.717) is 0 Å². The van der Waals surface area contributed by atoms with Gasteiger partial charge in [-0.1, -0.05) is 46.0 Å². The summed E-state index contributed by atoms with van der Waals surface area (Å²) in [5.41, 5.74) is 0. The maximum Gasteiger partial charge on any atom is 0.0493 e. The summed E-state index contributed by atoms with van der Waals surface area (Å²) in [6.45, 7) is 5.41. The fourth-order valence-corrected chi connectivity index (χ4v) is 1.40. The van der Waals surface area contributed by atoms with E-state index in [9.17, 15) is 0 Å². The molecule has 0 saturated heterocycles. The predicted molar refractivity (Wildman–Crippen MR) is 58.7 cm³/mol. The normalized spacial score (nSPS) is 11.1. The van der Waals surface area contributed by atoms with Crippen LogP contribution in [0.3, 0.4) is 0 Å². The van der Waals surface area contributed by atoms with Crippen molar-refractivity contribution < 1.29 is 4.74 Å². The van der Waals surface area contributed by atoms with Crippen molar-refractivity contribution in [1.82, 2.24) is 0 Å². The van der Waals surface area contributed by atoms with Crippen LogP contribution in [0.15, 0.2) is 0 Å². The summed E-state index contributed by atoms with van der Waals surface area (Å²) >= 11 is 0. The second-order valence-electron chi connectivity index (χ2n) is 4.13. The first kappa shape index (κ1) is 13.0. The zero-order valence-corrected chi connectivity index (χ0v) is 9.51. The lowest BCUT2D eigenvalue weighted by Gasteiger charge is -2.03. The van der Waals surface area contributed by atoms with E-state index in [1.165, 1.54) is 38.5 Å². The van der Waals surface area contributed by atoms with Crippen LogP contribution in [-0.2, 0) is 4.74 Å². The number of rotatable bonds is 9. The van der Waals surface area contributed by atoms with Crippen molar-refractivity contribution in [3.8, 4) is 0 Å². The van der Waals surface area contributed by atoms with Crippen LogP contribution in [0.25, 0.3) is 0 Å². The number of hydrogen-bond acceptors (Lipinski definition) is 1. The fraction of sp³-hybridized carbons (Fsp3) is 0.917. The number of methoxy groups -OCH3 is 1. The van der Waals surface area contributed by atoms with Gasteiger partial charge >= 0.3 is 0 Å². The summed E-state index contributed by atoms with van der Waals surface area (Å²) in [5.74, 6) is 0.875. The largest absolute Gasteiger partial charge is 0.384 e. The molecule has 1 nitrogen and oxygen atoms in total. The van der Waals surface area contributed by atoms with Crippen LogP contribution >= 0.6 is 0 Å². The average molecular weight is 185 g/mol. The molecule has 1 radical (unpaired) electrons. The van der Waals surface area contributed by atoms with Gasteiger partial charge in [0.2, 0.25) is 0 Å². The van der Waals surface area contributed by atoms with Gasteiger partial charge in [-0.15, -0.1) is 0 Å². The van der Waals surface area contributed by atoms with Crippen LogP contribution in [0.5, 0.6) is 0 Å². The van der Waals surface area contributed by atoms with Crippen molar-refractivity contribution in [3.63, 3.8) is 0 Å². The van der Waals surface area contributed by atoms with Crippen LogP contribution < -0.4 is 0 Å². The molecule has 0 unspecified atom stereocenters. The molecular weight excluding hydrogens is 160 g/mol. The molecule has 1 heteroatoms. The molecule has 0 saturated carbocycles. The Balaban J connectivity index is 2.84. The van der Waals surface area contributed by atoms with Crippen molar-refractivity contribution in [3.05, 3.63) is 6.42 Å². The Morgan fingerprint density at radius 3 is 2.38 bits per heavy atom. The minimum atomic E-state index is 0.812. The van der Waals surface area contributed by atoms with Gasteiger partial charge in [0, 0.05) is 13.7 Å². The Morgan fingerprint density at radius 2 is 1.77 bits per heavy atom. The molecule has 0 bridgehead atoms. The number of unbranched alkanes of at least 4 members (excludes halogenated alkanes) is 5. The van der Waals surface area contributed by atoms with Crippen molar-refractivity contribution in [2.24, 2.45) is 5.92 Å². The smallest absolute Gasteiger partial charge is 0.0493 e.